The molecule has 0 radical (unpaired) electrons. The van der Waals surface area contributed by atoms with E-state index in [2.05, 4.69) is 45.1 Å². The molecule has 0 atom stereocenters. The van der Waals surface area contributed by atoms with Crippen molar-refractivity contribution in [3.05, 3.63) is 60.3 Å². The van der Waals surface area contributed by atoms with E-state index in [9.17, 15) is 4.79 Å². The highest BCUT2D eigenvalue weighted by Crippen LogP contribution is 2.22. The number of rotatable bonds is 6. The second kappa shape index (κ2) is 9.88. The van der Waals surface area contributed by atoms with Gasteiger partial charge in [-0.15, -0.1) is 0 Å². The third-order valence-corrected chi connectivity index (χ3v) is 6.36. The number of nitrogens with zero attached hydrogens (tertiary/aromatic N) is 4. The molecular weight excluding hydrogens is 360 g/mol. The Kier molecular flexibility index (Phi) is 6.78. The van der Waals surface area contributed by atoms with Crippen molar-refractivity contribution in [2.45, 2.75) is 25.7 Å². The molecule has 2 aliphatic heterocycles. The van der Waals surface area contributed by atoms with Gasteiger partial charge in [-0.1, -0.05) is 36.4 Å². The molecule has 5 nitrogen and oxygen atoms in total. The molecule has 0 aliphatic carbocycles. The number of anilines is 1. The Morgan fingerprint density at radius 3 is 2.31 bits per heavy atom. The predicted octanol–water partition coefficient (Wildman–Crippen LogP) is 3.08. The number of hydrogen-bond donors (Lipinski definition) is 0. The minimum atomic E-state index is 0.286. The lowest BCUT2D eigenvalue weighted by atomic mass is 9.90. The zero-order valence-electron chi connectivity index (χ0n) is 17.2. The van der Waals surface area contributed by atoms with Crippen LogP contribution >= 0.6 is 0 Å². The summed E-state index contributed by atoms with van der Waals surface area (Å²) in [5.41, 5.74) is 1.44. The number of aryl methyl sites for hydroxylation is 1. The molecule has 0 bridgehead atoms. The van der Waals surface area contributed by atoms with E-state index in [1.165, 1.54) is 31.2 Å². The number of piperazine rings is 1. The molecule has 0 N–H and O–H groups in total. The van der Waals surface area contributed by atoms with Crippen molar-refractivity contribution in [3.8, 4) is 0 Å². The predicted molar refractivity (Wildman–Crippen MR) is 117 cm³/mol. The largest absolute Gasteiger partial charge is 0.353 e. The third-order valence-electron chi connectivity index (χ3n) is 6.36. The molecule has 5 heteroatoms. The molecule has 4 rings (SSSR count). The van der Waals surface area contributed by atoms with Crippen LogP contribution in [0.15, 0.2) is 54.7 Å². The number of amides is 1. The van der Waals surface area contributed by atoms with Gasteiger partial charge in [-0.3, -0.25) is 9.69 Å². The molecule has 154 valence electrons. The number of hydrogen-bond acceptors (Lipinski definition) is 4. The van der Waals surface area contributed by atoms with Gasteiger partial charge in [-0.25, -0.2) is 4.98 Å². The van der Waals surface area contributed by atoms with E-state index in [4.69, 9.17) is 0 Å². The Morgan fingerprint density at radius 1 is 0.897 bits per heavy atom. The number of benzene rings is 1. The topological polar surface area (TPSA) is 39.7 Å². The van der Waals surface area contributed by atoms with Gasteiger partial charge in [-0.05, 0) is 62.4 Å². The van der Waals surface area contributed by atoms with E-state index in [0.717, 1.165) is 51.0 Å². The highest BCUT2D eigenvalue weighted by molar-refractivity contribution is 5.78. The van der Waals surface area contributed by atoms with Crippen molar-refractivity contribution in [2.24, 2.45) is 5.92 Å². The first-order valence-corrected chi connectivity index (χ1v) is 11.0. The fraction of sp³-hybridized carbons (Fsp3) is 0.500. The summed E-state index contributed by atoms with van der Waals surface area (Å²) in [4.78, 5) is 23.8. The Morgan fingerprint density at radius 2 is 1.62 bits per heavy atom. The van der Waals surface area contributed by atoms with E-state index in [0.29, 0.717) is 6.54 Å². The summed E-state index contributed by atoms with van der Waals surface area (Å²) in [7, 11) is 0. The number of aromatic nitrogens is 1. The number of pyridine rings is 1. The fourth-order valence-corrected chi connectivity index (χ4v) is 4.47. The fourth-order valence-electron chi connectivity index (χ4n) is 4.47. The summed E-state index contributed by atoms with van der Waals surface area (Å²) >= 11 is 0. The Labute approximate surface area is 174 Å². The van der Waals surface area contributed by atoms with Crippen LogP contribution in [-0.2, 0) is 11.2 Å². The Hall–Kier alpha value is -2.40. The first-order chi connectivity index (χ1) is 14.3. The van der Waals surface area contributed by atoms with Gasteiger partial charge in [0, 0.05) is 32.4 Å². The molecular formula is C24H32N4O. The van der Waals surface area contributed by atoms with Crippen LogP contribution in [0.3, 0.4) is 0 Å². The van der Waals surface area contributed by atoms with Crippen molar-refractivity contribution in [1.82, 2.24) is 14.8 Å². The minimum absolute atomic E-state index is 0.286. The molecule has 0 unspecified atom stereocenters. The zero-order valence-corrected chi connectivity index (χ0v) is 17.2. The van der Waals surface area contributed by atoms with E-state index < -0.39 is 0 Å². The normalized spacial score (nSPS) is 18.8. The Bertz CT molecular complexity index is 751. The van der Waals surface area contributed by atoms with Crippen LogP contribution < -0.4 is 4.90 Å². The molecule has 3 heterocycles. The second-order valence-corrected chi connectivity index (χ2v) is 8.30. The van der Waals surface area contributed by atoms with Gasteiger partial charge in [0.15, 0.2) is 0 Å². The number of carbonyl (C=O) groups excluding carboxylic acids is 1. The number of piperidine rings is 1. The molecule has 0 saturated carbocycles. The maximum Gasteiger partial charge on any atom is 0.236 e. The monoisotopic (exact) mass is 392 g/mol. The van der Waals surface area contributed by atoms with Crippen LogP contribution in [-0.4, -0.2) is 66.5 Å². The maximum absolute atomic E-state index is 12.8. The average molecular weight is 393 g/mol. The zero-order chi connectivity index (χ0) is 19.9. The molecule has 0 spiro atoms. The minimum Gasteiger partial charge on any atom is -0.353 e. The SMILES string of the molecule is O=C(CN1CCC(CCc2ccccc2)CC1)N1CCN(c2ccccn2)CC1. The molecule has 1 aromatic heterocycles. The van der Waals surface area contributed by atoms with Crippen LogP contribution in [0.2, 0.25) is 0 Å². The van der Waals surface area contributed by atoms with Gasteiger partial charge < -0.3 is 9.80 Å². The van der Waals surface area contributed by atoms with Crippen LogP contribution in [0.25, 0.3) is 0 Å². The first-order valence-electron chi connectivity index (χ1n) is 11.0. The van der Waals surface area contributed by atoms with Crippen LogP contribution in [0.1, 0.15) is 24.8 Å². The standard InChI is InChI=1S/C24H32N4O/c29-24(28-18-16-27(17-19-28)23-8-4-5-13-25-23)20-26-14-11-22(12-15-26)10-9-21-6-2-1-3-7-21/h1-8,13,22H,9-12,14-20H2. The highest BCUT2D eigenvalue weighted by atomic mass is 16.2. The summed E-state index contributed by atoms with van der Waals surface area (Å²) in [6, 6.07) is 16.8. The van der Waals surface area contributed by atoms with Crippen molar-refractivity contribution in [1.29, 1.82) is 0 Å². The van der Waals surface area contributed by atoms with E-state index >= 15 is 0 Å². The van der Waals surface area contributed by atoms with Gasteiger partial charge in [0.1, 0.15) is 5.82 Å². The van der Waals surface area contributed by atoms with Gasteiger partial charge >= 0.3 is 0 Å². The van der Waals surface area contributed by atoms with Gasteiger partial charge in [0.2, 0.25) is 5.91 Å². The molecule has 1 aromatic carbocycles. The summed E-state index contributed by atoms with van der Waals surface area (Å²) in [5.74, 6) is 2.09. The molecule has 1 amide bonds. The lowest BCUT2D eigenvalue weighted by Crippen LogP contribution is -2.52. The lowest BCUT2D eigenvalue weighted by Gasteiger charge is -2.37. The van der Waals surface area contributed by atoms with E-state index in [-0.39, 0.29) is 5.91 Å². The van der Waals surface area contributed by atoms with E-state index in [1.54, 1.807) is 0 Å². The van der Waals surface area contributed by atoms with Crippen molar-refractivity contribution < 1.29 is 4.79 Å². The smallest absolute Gasteiger partial charge is 0.236 e. The molecule has 2 fully saturated rings. The summed E-state index contributed by atoms with van der Waals surface area (Å²) in [5, 5.41) is 0. The van der Waals surface area contributed by atoms with Gasteiger partial charge in [0.05, 0.1) is 6.54 Å². The molecule has 2 saturated heterocycles. The summed E-state index contributed by atoms with van der Waals surface area (Å²) < 4.78 is 0. The second-order valence-electron chi connectivity index (χ2n) is 8.30. The van der Waals surface area contributed by atoms with Gasteiger partial charge in [-0.2, -0.15) is 0 Å². The highest BCUT2D eigenvalue weighted by Gasteiger charge is 2.25. The summed E-state index contributed by atoms with van der Waals surface area (Å²) in [6.07, 6.45) is 6.70. The van der Waals surface area contributed by atoms with Crippen LogP contribution in [0, 0.1) is 5.92 Å². The third kappa shape index (κ3) is 5.57. The van der Waals surface area contributed by atoms with Crippen molar-refractivity contribution in [3.63, 3.8) is 0 Å². The first kappa shape index (κ1) is 19.9. The maximum atomic E-state index is 12.8. The van der Waals surface area contributed by atoms with Crippen LogP contribution in [0.4, 0.5) is 5.82 Å². The molecule has 2 aromatic rings. The lowest BCUT2D eigenvalue weighted by molar-refractivity contribution is -0.133. The van der Waals surface area contributed by atoms with E-state index in [1.807, 2.05) is 29.3 Å². The van der Waals surface area contributed by atoms with Crippen molar-refractivity contribution in [2.75, 3.05) is 50.7 Å². The average Bonchev–Trinajstić information content (AvgIpc) is 2.80. The number of carbonyl (C=O) groups is 1. The van der Waals surface area contributed by atoms with Crippen molar-refractivity contribution >= 4 is 11.7 Å². The van der Waals surface area contributed by atoms with Crippen LogP contribution in [0.5, 0.6) is 0 Å². The quantitative estimate of drug-likeness (QED) is 0.757. The number of likely N-dealkylation sites (tertiary alicyclic amines) is 1. The Balaban J connectivity index is 1.16. The summed E-state index contributed by atoms with van der Waals surface area (Å²) in [6.45, 7) is 6.01. The van der Waals surface area contributed by atoms with Gasteiger partial charge in [0.25, 0.3) is 0 Å². The molecule has 29 heavy (non-hydrogen) atoms. The molecule has 2 aliphatic rings.